The minimum atomic E-state index is -0.523. The molecule has 0 fully saturated rings. The third kappa shape index (κ3) is 5.43. The Hall–Kier alpha value is -3.64. The van der Waals surface area contributed by atoms with Crippen LogP contribution in [0.3, 0.4) is 0 Å². The van der Waals surface area contributed by atoms with Crippen LogP contribution in [-0.4, -0.2) is 25.2 Å². The molecule has 0 unspecified atom stereocenters. The second kappa shape index (κ2) is 9.52. The highest BCUT2D eigenvalue weighted by Gasteiger charge is 2.11. The fourth-order valence-electron chi connectivity index (χ4n) is 2.39. The van der Waals surface area contributed by atoms with Crippen molar-refractivity contribution in [3.63, 3.8) is 0 Å². The van der Waals surface area contributed by atoms with Gasteiger partial charge in [0.25, 0.3) is 5.91 Å². The number of hydrogen-bond donors (Lipinski definition) is 1. The summed E-state index contributed by atoms with van der Waals surface area (Å²) in [4.78, 5) is 24.5. The Kier molecular flexibility index (Phi) is 6.60. The van der Waals surface area contributed by atoms with Gasteiger partial charge in [-0.05, 0) is 60.7 Å². The maximum absolute atomic E-state index is 12.3. The van der Waals surface area contributed by atoms with Crippen LogP contribution >= 0.6 is 11.6 Å². The second-order valence-electron chi connectivity index (χ2n) is 5.86. The number of rotatable bonds is 6. The summed E-state index contributed by atoms with van der Waals surface area (Å²) < 4.78 is 10.5. The zero-order valence-corrected chi connectivity index (χ0v) is 16.2. The number of ether oxygens (including phenoxy) is 2. The van der Waals surface area contributed by atoms with Crippen LogP contribution in [0.5, 0.6) is 11.5 Å². The second-order valence-corrected chi connectivity index (χ2v) is 6.30. The third-order valence-electron chi connectivity index (χ3n) is 3.92. The molecule has 0 aliphatic rings. The lowest BCUT2D eigenvalue weighted by Gasteiger charge is -2.07. The number of methoxy groups -OCH3 is 1. The smallest absolute Gasteiger partial charge is 0.343 e. The minimum Gasteiger partial charge on any atom is -0.497 e. The van der Waals surface area contributed by atoms with Crippen LogP contribution in [0, 0.1) is 0 Å². The van der Waals surface area contributed by atoms with Crippen molar-refractivity contribution in [3.8, 4) is 11.5 Å². The number of benzene rings is 3. The van der Waals surface area contributed by atoms with Gasteiger partial charge in [-0.2, -0.15) is 5.10 Å². The predicted molar refractivity (Wildman–Crippen MR) is 111 cm³/mol. The van der Waals surface area contributed by atoms with E-state index in [2.05, 4.69) is 10.5 Å². The molecule has 146 valence electrons. The van der Waals surface area contributed by atoms with Gasteiger partial charge in [0.05, 0.1) is 18.9 Å². The van der Waals surface area contributed by atoms with E-state index in [0.717, 1.165) is 0 Å². The Labute approximate surface area is 172 Å². The van der Waals surface area contributed by atoms with Crippen LogP contribution in [0.2, 0.25) is 5.02 Å². The average molecular weight is 409 g/mol. The van der Waals surface area contributed by atoms with Crippen LogP contribution in [0.25, 0.3) is 0 Å². The van der Waals surface area contributed by atoms with Gasteiger partial charge in [0.2, 0.25) is 0 Å². The lowest BCUT2D eigenvalue weighted by Crippen LogP contribution is -2.17. The normalized spacial score (nSPS) is 10.6. The van der Waals surface area contributed by atoms with Crippen LogP contribution in [0.1, 0.15) is 26.3 Å². The Morgan fingerprint density at radius 2 is 1.59 bits per heavy atom. The fraction of sp³-hybridized carbons (Fsp3) is 0.0455. The summed E-state index contributed by atoms with van der Waals surface area (Å²) in [6.45, 7) is 0. The molecule has 3 aromatic carbocycles. The minimum absolute atomic E-state index is 0.315. The third-order valence-corrected chi connectivity index (χ3v) is 4.18. The van der Waals surface area contributed by atoms with Crippen LogP contribution in [0.4, 0.5) is 0 Å². The molecule has 0 atom stereocenters. The molecule has 0 aliphatic heterocycles. The average Bonchev–Trinajstić information content (AvgIpc) is 2.75. The Bertz CT molecular complexity index is 1030. The molecule has 1 N–H and O–H groups in total. The molecule has 6 nitrogen and oxygen atoms in total. The van der Waals surface area contributed by atoms with Gasteiger partial charge < -0.3 is 9.47 Å². The number of esters is 1. The Morgan fingerprint density at radius 3 is 2.28 bits per heavy atom. The van der Waals surface area contributed by atoms with Crippen molar-refractivity contribution in [2.24, 2.45) is 5.10 Å². The van der Waals surface area contributed by atoms with E-state index in [9.17, 15) is 9.59 Å². The highest BCUT2D eigenvalue weighted by molar-refractivity contribution is 6.30. The molecule has 0 bridgehead atoms. The molecule has 3 aromatic rings. The first-order valence-corrected chi connectivity index (χ1v) is 8.99. The molecule has 3 rings (SSSR count). The first-order chi connectivity index (χ1) is 14.1. The topological polar surface area (TPSA) is 77.0 Å². The Morgan fingerprint density at radius 1 is 0.931 bits per heavy atom. The summed E-state index contributed by atoms with van der Waals surface area (Å²) in [7, 11) is 1.55. The summed E-state index contributed by atoms with van der Waals surface area (Å²) in [6, 6.07) is 19.9. The number of nitrogens with zero attached hydrogens (tertiary/aromatic N) is 1. The van der Waals surface area contributed by atoms with Crippen LogP contribution < -0.4 is 14.9 Å². The molecule has 0 heterocycles. The van der Waals surface area contributed by atoms with Gasteiger partial charge in [-0.15, -0.1) is 0 Å². The molecular weight excluding hydrogens is 392 g/mol. The summed E-state index contributed by atoms with van der Waals surface area (Å²) in [5.41, 5.74) is 3.78. The van der Waals surface area contributed by atoms with Crippen molar-refractivity contribution in [1.29, 1.82) is 0 Å². The number of hydrogen-bond acceptors (Lipinski definition) is 5. The van der Waals surface area contributed by atoms with Gasteiger partial charge in [-0.1, -0.05) is 23.7 Å². The summed E-state index contributed by atoms with van der Waals surface area (Å²) in [6.07, 6.45) is 1.41. The van der Waals surface area contributed by atoms with Crippen molar-refractivity contribution >= 4 is 29.7 Å². The number of para-hydroxylation sites is 1. The van der Waals surface area contributed by atoms with Crippen molar-refractivity contribution in [1.82, 2.24) is 5.43 Å². The van der Waals surface area contributed by atoms with E-state index in [1.54, 1.807) is 79.9 Å². The van der Waals surface area contributed by atoms with E-state index in [1.807, 2.05) is 0 Å². The largest absolute Gasteiger partial charge is 0.497 e. The molecule has 0 spiro atoms. The lowest BCUT2D eigenvalue weighted by molar-refractivity contribution is 0.0734. The van der Waals surface area contributed by atoms with E-state index in [-0.39, 0.29) is 5.91 Å². The van der Waals surface area contributed by atoms with E-state index >= 15 is 0 Å². The highest BCUT2D eigenvalue weighted by atomic mass is 35.5. The van der Waals surface area contributed by atoms with Crippen molar-refractivity contribution < 1.29 is 19.1 Å². The molecule has 1 amide bonds. The zero-order valence-electron chi connectivity index (χ0n) is 15.5. The number of nitrogens with one attached hydrogen (secondary N) is 1. The molecule has 0 radical (unpaired) electrons. The zero-order chi connectivity index (χ0) is 20.6. The summed E-state index contributed by atoms with van der Waals surface area (Å²) in [5, 5.41) is 4.48. The quantitative estimate of drug-likeness (QED) is 0.285. The molecule has 0 saturated carbocycles. The molecule has 0 aliphatic carbocycles. The van der Waals surface area contributed by atoms with E-state index in [4.69, 9.17) is 21.1 Å². The number of carbonyl (C=O) groups excluding carboxylic acids is 2. The molecule has 0 saturated heterocycles. The summed E-state index contributed by atoms with van der Waals surface area (Å²) >= 11 is 5.83. The molecule has 0 aromatic heterocycles. The Balaban J connectivity index is 1.67. The molecular formula is C22H17ClN2O4. The number of carbonyl (C=O) groups is 2. The first-order valence-electron chi connectivity index (χ1n) is 8.61. The predicted octanol–water partition coefficient (Wildman–Crippen LogP) is 4.33. The highest BCUT2D eigenvalue weighted by Crippen LogP contribution is 2.18. The number of hydrazone groups is 1. The van der Waals surface area contributed by atoms with Gasteiger partial charge in [-0.3, -0.25) is 4.79 Å². The molecule has 7 heteroatoms. The first kappa shape index (κ1) is 20.1. The van der Waals surface area contributed by atoms with Gasteiger partial charge in [0.15, 0.2) is 0 Å². The van der Waals surface area contributed by atoms with E-state index in [0.29, 0.717) is 33.2 Å². The van der Waals surface area contributed by atoms with Gasteiger partial charge in [-0.25, -0.2) is 10.2 Å². The maximum Gasteiger partial charge on any atom is 0.343 e. The standard InChI is InChI=1S/C22H17ClN2O4/c1-28-19-12-8-15(9-13-19)21(26)25-24-14-17-4-2-3-5-20(17)29-22(27)16-6-10-18(23)11-7-16/h2-14H,1H3,(H,25,26)/b24-14-. The van der Waals surface area contributed by atoms with Gasteiger partial charge in [0, 0.05) is 16.1 Å². The van der Waals surface area contributed by atoms with Crippen LogP contribution in [-0.2, 0) is 0 Å². The number of amides is 1. The maximum atomic E-state index is 12.3. The van der Waals surface area contributed by atoms with E-state index in [1.165, 1.54) is 6.21 Å². The SMILES string of the molecule is COc1ccc(C(=O)N/N=C\c2ccccc2OC(=O)c2ccc(Cl)cc2)cc1. The molecule has 29 heavy (non-hydrogen) atoms. The van der Waals surface area contributed by atoms with Crippen molar-refractivity contribution in [2.75, 3.05) is 7.11 Å². The van der Waals surface area contributed by atoms with Gasteiger partial charge in [0.1, 0.15) is 11.5 Å². The van der Waals surface area contributed by atoms with Crippen molar-refractivity contribution in [3.05, 3.63) is 94.5 Å². The van der Waals surface area contributed by atoms with Crippen LogP contribution in [0.15, 0.2) is 77.9 Å². The number of halogens is 1. The van der Waals surface area contributed by atoms with E-state index < -0.39 is 5.97 Å². The fourth-order valence-corrected chi connectivity index (χ4v) is 2.52. The van der Waals surface area contributed by atoms with Gasteiger partial charge >= 0.3 is 5.97 Å². The summed E-state index contributed by atoms with van der Waals surface area (Å²) in [5.74, 6) is 0.0701. The van der Waals surface area contributed by atoms with Crippen molar-refractivity contribution in [2.45, 2.75) is 0 Å². The monoisotopic (exact) mass is 408 g/mol. The lowest BCUT2D eigenvalue weighted by atomic mass is 10.2.